The fourth-order valence-corrected chi connectivity index (χ4v) is 2.48. The zero-order chi connectivity index (χ0) is 15.2. The van der Waals surface area contributed by atoms with Crippen molar-refractivity contribution in [3.05, 3.63) is 63.3 Å². The number of carbonyl (C=O) groups excluding carboxylic acids is 1. The number of hydrogen-bond donors (Lipinski definition) is 1. The van der Waals surface area contributed by atoms with Crippen molar-refractivity contribution >= 4 is 33.4 Å². The van der Waals surface area contributed by atoms with Gasteiger partial charge in [-0.25, -0.2) is 0 Å². The Morgan fingerprint density at radius 1 is 1.33 bits per heavy atom. The lowest BCUT2D eigenvalue weighted by atomic mass is 10.2. The summed E-state index contributed by atoms with van der Waals surface area (Å²) in [6.07, 6.45) is 3.12. The standard InChI is InChI=1S/C15H14BrClN2O2/c16-13-7-12(8-18-9-13)15(21)19(5-6-20)10-11-3-1-2-4-14(11)17/h1-4,7-9,20H,5-6,10H2. The first-order valence-electron chi connectivity index (χ1n) is 6.36. The molecule has 1 heterocycles. The van der Waals surface area contributed by atoms with Crippen molar-refractivity contribution in [1.82, 2.24) is 9.88 Å². The minimum Gasteiger partial charge on any atom is -0.395 e. The van der Waals surface area contributed by atoms with E-state index in [0.29, 0.717) is 17.1 Å². The number of halogens is 2. The molecule has 1 aromatic carbocycles. The first kappa shape index (κ1) is 15.9. The van der Waals surface area contributed by atoms with E-state index in [-0.39, 0.29) is 19.1 Å². The van der Waals surface area contributed by atoms with E-state index in [1.807, 2.05) is 18.2 Å². The Morgan fingerprint density at radius 3 is 2.76 bits per heavy atom. The van der Waals surface area contributed by atoms with Crippen molar-refractivity contribution < 1.29 is 9.90 Å². The predicted molar refractivity (Wildman–Crippen MR) is 85.2 cm³/mol. The molecule has 0 saturated heterocycles. The number of pyridine rings is 1. The molecule has 6 heteroatoms. The zero-order valence-electron chi connectivity index (χ0n) is 11.2. The minimum absolute atomic E-state index is 0.113. The van der Waals surface area contributed by atoms with Crippen molar-refractivity contribution in [1.29, 1.82) is 0 Å². The molecule has 110 valence electrons. The van der Waals surface area contributed by atoms with Gasteiger partial charge in [-0.05, 0) is 33.6 Å². The Labute approximate surface area is 136 Å². The molecule has 0 saturated carbocycles. The first-order chi connectivity index (χ1) is 10.1. The van der Waals surface area contributed by atoms with Gasteiger partial charge in [0.2, 0.25) is 0 Å². The van der Waals surface area contributed by atoms with Crippen LogP contribution in [0.5, 0.6) is 0 Å². The molecule has 1 N–H and O–H groups in total. The van der Waals surface area contributed by atoms with E-state index in [1.165, 1.54) is 6.20 Å². The van der Waals surface area contributed by atoms with Gasteiger partial charge in [-0.2, -0.15) is 0 Å². The van der Waals surface area contributed by atoms with Crippen LogP contribution in [0.25, 0.3) is 0 Å². The van der Waals surface area contributed by atoms with Crippen molar-refractivity contribution in [2.24, 2.45) is 0 Å². The van der Waals surface area contributed by atoms with Crippen LogP contribution in [0.15, 0.2) is 47.2 Å². The zero-order valence-corrected chi connectivity index (χ0v) is 13.5. The number of amides is 1. The average molecular weight is 370 g/mol. The molecule has 0 spiro atoms. The largest absolute Gasteiger partial charge is 0.395 e. The fourth-order valence-electron chi connectivity index (χ4n) is 1.92. The van der Waals surface area contributed by atoms with E-state index < -0.39 is 0 Å². The van der Waals surface area contributed by atoms with Crippen LogP contribution < -0.4 is 0 Å². The maximum absolute atomic E-state index is 12.5. The molecule has 0 radical (unpaired) electrons. The number of nitrogens with zero attached hydrogens (tertiary/aromatic N) is 2. The molecule has 21 heavy (non-hydrogen) atoms. The minimum atomic E-state index is -0.197. The maximum Gasteiger partial charge on any atom is 0.255 e. The Hall–Kier alpha value is -1.43. The topological polar surface area (TPSA) is 53.4 Å². The monoisotopic (exact) mass is 368 g/mol. The van der Waals surface area contributed by atoms with Gasteiger partial charge in [0.25, 0.3) is 5.91 Å². The Kier molecular flexibility index (Phi) is 5.73. The molecule has 1 amide bonds. The lowest BCUT2D eigenvalue weighted by molar-refractivity contribution is 0.0707. The summed E-state index contributed by atoms with van der Waals surface area (Å²) in [6, 6.07) is 9.04. The van der Waals surface area contributed by atoms with Gasteiger partial charge in [0, 0.05) is 35.0 Å². The van der Waals surface area contributed by atoms with Crippen LogP contribution in [0, 0.1) is 0 Å². The molecule has 2 aromatic rings. The Balaban J connectivity index is 2.22. The number of hydrogen-bond acceptors (Lipinski definition) is 3. The Bertz CT molecular complexity index is 637. The summed E-state index contributed by atoms with van der Waals surface area (Å²) in [4.78, 5) is 18.0. The second-order valence-corrected chi connectivity index (χ2v) is 5.76. The number of aliphatic hydroxyl groups excluding tert-OH is 1. The maximum atomic E-state index is 12.5. The smallest absolute Gasteiger partial charge is 0.255 e. The third-order valence-electron chi connectivity index (χ3n) is 2.93. The van der Waals surface area contributed by atoms with Gasteiger partial charge in [0.1, 0.15) is 0 Å². The predicted octanol–water partition coefficient (Wildman–Crippen LogP) is 3.13. The molecule has 0 bridgehead atoms. The van der Waals surface area contributed by atoms with Crippen LogP contribution in [0.1, 0.15) is 15.9 Å². The summed E-state index contributed by atoms with van der Waals surface area (Å²) in [5, 5.41) is 9.78. The summed E-state index contributed by atoms with van der Waals surface area (Å²) in [7, 11) is 0. The second-order valence-electron chi connectivity index (χ2n) is 4.43. The third kappa shape index (κ3) is 4.27. The highest BCUT2D eigenvalue weighted by atomic mass is 79.9. The average Bonchev–Trinajstić information content (AvgIpc) is 2.48. The van der Waals surface area contributed by atoms with Gasteiger partial charge >= 0.3 is 0 Å². The number of aromatic nitrogens is 1. The number of aliphatic hydroxyl groups is 1. The van der Waals surface area contributed by atoms with Gasteiger partial charge in [-0.3, -0.25) is 9.78 Å². The van der Waals surface area contributed by atoms with Crippen LogP contribution in [0.3, 0.4) is 0 Å². The van der Waals surface area contributed by atoms with Gasteiger partial charge in [0.15, 0.2) is 0 Å². The van der Waals surface area contributed by atoms with Crippen LogP contribution in [0.2, 0.25) is 5.02 Å². The second kappa shape index (κ2) is 7.54. The van der Waals surface area contributed by atoms with E-state index >= 15 is 0 Å². The first-order valence-corrected chi connectivity index (χ1v) is 7.53. The number of benzene rings is 1. The van der Waals surface area contributed by atoms with Crippen molar-refractivity contribution in [3.63, 3.8) is 0 Å². The van der Waals surface area contributed by atoms with Crippen LogP contribution in [-0.2, 0) is 6.54 Å². The normalized spacial score (nSPS) is 10.4. The fraction of sp³-hybridized carbons (Fsp3) is 0.200. The van der Waals surface area contributed by atoms with Gasteiger partial charge < -0.3 is 10.0 Å². The molecule has 0 aliphatic heterocycles. The van der Waals surface area contributed by atoms with Crippen LogP contribution >= 0.6 is 27.5 Å². The molecule has 0 aliphatic carbocycles. The summed E-state index contributed by atoms with van der Waals surface area (Å²) in [6.45, 7) is 0.458. The highest BCUT2D eigenvalue weighted by molar-refractivity contribution is 9.10. The van der Waals surface area contributed by atoms with Crippen LogP contribution in [-0.4, -0.2) is 34.0 Å². The molecule has 0 aliphatic rings. The number of carbonyl (C=O) groups is 1. The molecule has 0 atom stereocenters. The van der Waals surface area contributed by atoms with Gasteiger partial charge in [-0.1, -0.05) is 29.8 Å². The summed E-state index contributed by atoms with van der Waals surface area (Å²) in [5.41, 5.74) is 1.30. The SMILES string of the molecule is O=C(c1cncc(Br)c1)N(CCO)Cc1ccccc1Cl. The molecular weight excluding hydrogens is 356 g/mol. The summed E-state index contributed by atoms with van der Waals surface area (Å²) >= 11 is 9.42. The van der Waals surface area contributed by atoms with E-state index in [2.05, 4.69) is 20.9 Å². The van der Waals surface area contributed by atoms with Gasteiger partial charge in [0.05, 0.1) is 12.2 Å². The van der Waals surface area contributed by atoms with Gasteiger partial charge in [-0.15, -0.1) is 0 Å². The molecule has 0 unspecified atom stereocenters. The Morgan fingerprint density at radius 2 is 2.10 bits per heavy atom. The van der Waals surface area contributed by atoms with E-state index in [9.17, 15) is 9.90 Å². The lowest BCUT2D eigenvalue weighted by Gasteiger charge is -2.22. The summed E-state index contributed by atoms with van der Waals surface area (Å²) in [5.74, 6) is -0.197. The van der Waals surface area contributed by atoms with Crippen molar-refractivity contribution in [2.75, 3.05) is 13.2 Å². The molecule has 0 fully saturated rings. The van der Waals surface area contributed by atoms with Crippen molar-refractivity contribution in [2.45, 2.75) is 6.54 Å². The molecular formula is C15H14BrClN2O2. The lowest BCUT2D eigenvalue weighted by Crippen LogP contribution is -2.33. The number of rotatable bonds is 5. The summed E-state index contributed by atoms with van der Waals surface area (Å²) < 4.78 is 0.732. The van der Waals surface area contributed by atoms with E-state index in [0.717, 1.165) is 10.0 Å². The highest BCUT2D eigenvalue weighted by Gasteiger charge is 2.17. The quantitative estimate of drug-likeness (QED) is 0.881. The van der Waals surface area contributed by atoms with Crippen molar-refractivity contribution in [3.8, 4) is 0 Å². The van der Waals surface area contributed by atoms with Crippen LogP contribution in [0.4, 0.5) is 0 Å². The molecule has 4 nitrogen and oxygen atoms in total. The molecule has 1 aromatic heterocycles. The highest BCUT2D eigenvalue weighted by Crippen LogP contribution is 2.19. The van der Waals surface area contributed by atoms with E-state index in [1.54, 1.807) is 23.2 Å². The molecule has 2 rings (SSSR count). The van der Waals surface area contributed by atoms with E-state index in [4.69, 9.17) is 11.6 Å². The third-order valence-corrected chi connectivity index (χ3v) is 3.73.